The smallest absolute Gasteiger partial charge is 0.116 e. The summed E-state index contributed by atoms with van der Waals surface area (Å²) in [5.74, 6) is 0.343. The summed E-state index contributed by atoms with van der Waals surface area (Å²) in [4.78, 5) is 2.40. The van der Waals surface area contributed by atoms with Crippen LogP contribution in [0, 0.1) is 0 Å². The minimum absolute atomic E-state index is 0.343. The molecule has 0 bridgehead atoms. The Morgan fingerprint density at radius 1 is 1.37 bits per heavy atom. The van der Waals surface area contributed by atoms with Gasteiger partial charge in [0.1, 0.15) is 5.75 Å². The quantitative estimate of drug-likeness (QED) is 0.756. The van der Waals surface area contributed by atoms with Gasteiger partial charge >= 0.3 is 0 Å². The minimum atomic E-state index is 0.343. The summed E-state index contributed by atoms with van der Waals surface area (Å²) in [6.07, 6.45) is 3.51. The molecule has 1 atom stereocenters. The van der Waals surface area contributed by atoms with E-state index in [0.717, 1.165) is 13.0 Å². The van der Waals surface area contributed by atoms with E-state index >= 15 is 0 Å². The molecule has 4 rings (SSSR count). The van der Waals surface area contributed by atoms with E-state index in [1.54, 1.807) is 6.07 Å². The van der Waals surface area contributed by atoms with Crippen LogP contribution in [0.15, 0.2) is 24.4 Å². The maximum absolute atomic E-state index is 9.72. The first-order valence-corrected chi connectivity index (χ1v) is 6.70. The van der Waals surface area contributed by atoms with Crippen molar-refractivity contribution in [3.63, 3.8) is 0 Å². The van der Waals surface area contributed by atoms with Gasteiger partial charge in [-0.1, -0.05) is 0 Å². The van der Waals surface area contributed by atoms with Crippen LogP contribution < -0.4 is 5.32 Å². The molecule has 0 fully saturated rings. The van der Waals surface area contributed by atoms with Crippen LogP contribution in [0.1, 0.15) is 18.2 Å². The fourth-order valence-corrected chi connectivity index (χ4v) is 3.42. The first-order chi connectivity index (χ1) is 9.16. The van der Waals surface area contributed by atoms with Crippen molar-refractivity contribution >= 4 is 16.6 Å². The Hall–Kier alpha value is -2.10. The van der Waals surface area contributed by atoms with Crippen molar-refractivity contribution in [2.24, 2.45) is 7.05 Å². The Balaban J connectivity index is 2.03. The lowest BCUT2D eigenvalue weighted by atomic mass is 10.0. The highest BCUT2D eigenvalue weighted by molar-refractivity contribution is 5.91. The fraction of sp³-hybridized carbons (Fsp3) is 0.333. The largest absolute Gasteiger partial charge is 0.508 e. The van der Waals surface area contributed by atoms with Crippen LogP contribution in [-0.2, 0) is 13.5 Å². The summed E-state index contributed by atoms with van der Waals surface area (Å²) in [5, 5.41) is 14.3. The van der Waals surface area contributed by atoms with E-state index in [1.165, 1.54) is 27.9 Å². The normalized spacial score (nSPS) is 21.1. The molecule has 0 aliphatic carbocycles. The number of aromatic nitrogens is 1. The van der Waals surface area contributed by atoms with Crippen molar-refractivity contribution in [3.05, 3.63) is 35.7 Å². The number of hydrogen-bond acceptors (Lipinski definition) is 3. The lowest BCUT2D eigenvalue weighted by Gasteiger charge is -2.31. The van der Waals surface area contributed by atoms with E-state index in [1.807, 2.05) is 12.1 Å². The summed E-state index contributed by atoms with van der Waals surface area (Å²) in [6, 6.07) is 5.64. The van der Waals surface area contributed by atoms with Gasteiger partial charge in [-0.25, -0.2) is 0 Å². The van der Waals surface area contributed by atoms with E-state index in [-0.39, 0.29) is 0 Å². The van der Waals surface area contributed by atoms with Gasteiger partial charge in [0, 0.05) is 30.7 Å². The van der Waals surface area contributed by atoms with Gasteiger partial charge in [0.25, 0.3) is 0 Å². The molecule has 19 heavy (non-hydrogen) atoms. The molecule has 0 radical (unpaired) electrons. The zero-order valence-electron chi connectivity index (χ0n) is 11.1. The molecule has 98 valence electrons. The van der Waals surface area contributed by atoms with Crippen LogP contribution in [0.4, 0.5) is 0 Å². The topological polar surface area (TPSA) is 40.4 Å². The second kappa shape index (κ2) is 3.47. The van der Waals surface area contributed by atoms with Crippen molar-refractivity contribution in [3.8, 4) is 5.75 Å². The molecule has 0 saturated heterocycles. The molecular formula is C15H17N3O. The van der Waals surface area contributed by atoms with E-state index in [0.29, 0.717) is 11.9 Å². The van der Waals surface area contributed by atoms with Gasteiger partial charge in [-0.3, -0.25) is 0 Å². The summed E-state index contributed by atoms with van der Waals surface area (Å²) in [7, 11) is 2.10. The predicted molar refractivity (Wildman–Crippen MR) is 75.6 cm³/mol. The van der Waals surface area contributed by atoms with E-state index < -0.39 is 0 Å². The van der Waals surface area contributed by atoms with Crippen molar-refractivity contribution in [2.45, 2.75) is 19.5 Å². The highest BCUT2D eigenvalue weighted by Crippen LogP contribution is 2.38. The zero-order valence-corrected chi connectivity index (χ0v) is 11.1. The Bertz CT molecular complexity index is 714. The molecule has 4 heteroatoms. The second-order valence-corrected chi connectivity index (χ2v) is 5.40. The van der Waals surface area contributed by atoms with Crippen LogP contribution in [0.2, 0.25) is 0 Å². The zero-order chi connectivity index (χ0) is 13.1. The van der Waals surface area contributed by atoms with Gasteiger partial charge in [0.2, 0.25) is 0 Å². The summed E-state index contributed by atoms with van der Waals surface area (Å²) in [5.41, 5.74) is 5.09. The van der Waals surface area contributed by atoms with Gasteiger partial charge < -0.3 is 19.9 Å². The lowest BCUT2D eigenvalue weighted by Crippen LogP contribution is -2.37. The number of nitrogens with one attached hydrogen (secondary N) is 1. The highest BCUT2D eigenvalue weighted by Gasteiger charge is 2.32. The van der Waals surface area contributed by atoms with Crippen molar-refractivity contribution in [2.75, 3.05) is 6.54 Å². The Morgan fingerprint density at radius 2 is 2.21 bits per heavy atom. The second-order valence-electron chi connectivity index (χ2n) is 5.40. The summed E-state index contributed by atoms with van der Waals surface area (Å²) >= 11 is 0. The number of nitrogens with zero attached hydrogens (tertiary/aromatic N) is 2. The minimum Gasteiger partial charge on any atom is -0.508 e. The number of phenols is 1. The molecule has 0 amide bonds. The van der Waals surface area contributed by atoms with E-state index in [4.69, 9.17) is 0 Å². The number of phenolic OH excluding ortho intramolecular Hbond substituents is 1. The standard InChI is InChI=1S/C15H17N3O/c1-9-16-8-14-15-11(5-6-18(9)14)12-7-10(19)3-4-13(12)17(15)2/h3-4,7-9,16,19H,5-6H2,1-2H3. The number of aromatic hydroxyl groups is 1. The summed E-state index contributed by atoms with van der Waals surface area (Å²) < 4.78 is 2.24. The van der Waals surface area contributed by atoms with Crippen molar-refractivity contribution in [1.82, 2.24) is 14.8 Å². The number of hydrogen-bond donors (Lipinski definition) is 2. The monoisotopic (exact) mass is 255 g/mol. The third kappa shape index (κ3) is 1.28. The molecule has 2 aromatic rings. The molecule has 0 spiro atoms. The molecule has 2 N–H and O–H groups in total. The molecule has 1 aromatic heterocycles. The van der Waals surface area contributed by atoms with Gasteiger partial charge in [0.05, 0.1) is 17.6 Å². The average Bonchev–Trinajstić information content (AvgIpc) is 2.90. The number of aryl methyl sites for hydroxylation is 1. The van der Waals surface area contributed by atoms with Gasteiger partial charge in [-0.05, 0) is 37.1 Å². The van der Waals surface area contributed by atoms with Crippen LogP contribution in [0.25, 0.3) is 16.6 Å². The maximum Gasteiger partial charge on any atom is 0.116 e. The molecule has 1 aromatic carbocycles. The van der Waals surface area contributed by atoms with Crippen LogP contribution in [-0.4, -0.2) is 27.3 Å². The third-order valence-corrected chi connectivity index (χ3v) is 4.37. The third-order valence-electron chi connectivity index (χ3n) is 4.37. The van der Waals surface area contributed by atoms with Crippen LogP contribution >= 0.6 is 0 Å². The Kier molecular flexibility index (Phi) is 1.97. The number of rotatable bonds is 0. The van der Waals surface area contributed by atoms with E-state index in [9.17, 15) is 5.11 Å². The maximum atomic E-state index is 9.72. The predicted octanol–water partition coefficient (Wildman–Crippen LogP) is 1.99. The first-order valence-electron chi connectivity index (χ1n) is 6.70. The van der Waals surface area contributed by atoms with Crippen LogP contribution in [0.3, 0.4) is 0 Å². The number of benzene rings is 1. The fourth-order valence-electron chi connectivity index (χ4n) is 3.42. The molecule has 0 saturated carbocycles. The van der Waals surface area contributed by atoms with Crippen molar-refractivity contribution in [1.29, 1.82) is 0 Å². The van der Waals surface area contributed by atoms with Gasteiger partial charge in [-0.15, -0.1) is 0 Å². The SMILES string of the molecule is CC1NC=C2c3c(c4cc(O)ccc4n3C)CCN21. The molecule has 4 nitrogen and oxygen atoms in total. The molecule has 2 aliphatic heterocycles. The van der Waals surface area contributed by atoms with E-state index in [2.05, 4.69) is 35.0 Å². The Labute approximate surface area is 111 Å². The molecule has 2 aliphatic rings. The van der Waals surface area contributed by atoms with Gasteiger partial charge in [0.15, 0.2) is 0 Å². The average molecular weight is 255 g/mol. The molecular weight excluding hydrogens is 238 g/mol. The first kappa shape index (κ1) is 10.8. The van der Waals surface area contributed by atoms with Crippen molar-refractivity contribution < 1.29 is 5.11 Å². The molecule has 3 heterocycles. The Morgan fingerprint density at radius 3 is 3.05 bits per heavy atom. The van der Waals surface area contributed by atoms with Crippen LogP contribution in [0.5, 0.6) is 5.75 Å². The number of fused-ring (bicyclic) bond motifs is 5. The van der Waals surface area contributed by atoms with Gasteiger partial charge in [-0.2, -0.15) is 0 Å². The highest BCUT2D eigenvalue weighted by atomic mass is 16.3. The lowest BCUT2D eigenvalue weighted by molar-refractivity contribution is 0.307. The summed E-state index contributed by atoms with van der Waals surface area (Å²) in [6.45, 7) is 3.21. The molecule has 1 unspecified atom stereocenters.